The molecule has 0 amide bonds. The van der Waals surface area contributed by atoms with E-state index >= 15 is 0 Å². The maximum Gasteiger partial charge on any atom is 0.0565 e. The molecule has 3 heteroatoms. The molecule has 0 spiro atoms. The normalized spacial score (nSPS) is 16.5. The summed E-state index contributed by atoms with van der Waals surface area (Å²) in [4.78, 5) is 0. The molecule has 0 aromatic heterocycles. The van der Waals surface area contributed by atoms with E-state index in [4.69, 9.17) is 0 Å². The molecule has 0 fully saturated rings. The lowest BCUT2D eigenvalue weighted by atomic mass is 9.96. The molecule has 1 aromatic carbocycles. The molecule has 0 aliphatic carbocycles. The van der Waals surface area contributed by atoms with Crippen LogP contribution in [0, 0.1) is 5.92 Å². The van der Waals surface area contributed by atoms with Gasteiger partial charge in [0.15, 0.2) is 0 Å². The van der Waals surface area contributed by atoms with Gasteiger partial charge >= 0.3 is 0 Å². The number of benzene rings is 1. The van der Waals surface area contributed by atoms with Gasteiger partial charge in [0.05, 0.1) is 5.25 Å². The van der Waals surface area contributed by atoms with Gasteiger partial charge in [0.25, 0.3) is 0 Å². The second kappa shape index (κ2) is 7.70. The fraction of sp³-hybridized carbons (Fsp3) is 0.600. The Morgan fingerprint density at radius 1 is 1.17 bits per heavy atom. The number of hydrogen-bond donors (Lipinski definition) is 1. The molecule has 1 N–H and O–H groups in total. The zero-order valence-corrected chi connectivity index (χ0v) is 12.7. The predicted octanol–water partition coefficient (Wildman–Crippen LogP) is 3.13. The van der Waals surface area contributed by atoms with Crippen molar-refractivity contribution in [3.63, 3.8) is 0 Å². The summed E-state index contributed by atoms with van der Waals surface area (Å²) in [7, 11) is -0.789. The van der Waals surface area contributed by atoms with Crippen LogP contribution in [0.2, 0.25) is 0 Å². The van der Waals surface area contributed by atoms with Crippen LogP contribution in [0.4, 0.5) is 0 Å². The highest BCUT2D eigenvalue weighted by Crippen LogP contribution is 2.26. The lowest BCUT2D eigenvalue weighted by molar-refractivity contribution is 0.443. The number of nitrogens with one attached hydrogen (secondary N) is 1. The smallest absolute Gasteiger partial charge is 0.0565 e. The summed E-state index contributed by atoms with van der Waals surface area (Å²) >= 11 is 0. The van der Waals surface area contributed by atoms with Gasteiger partial charge in [-0.1, -0.05) is 58.0 Å². The fourth-order valence-corrected chi connectivity index (χ4v) is 3.89. The molecule has 0 aliphatic rings. The Morgan fingerprint density at radius 2 is 1.78 bits per heavy atom. The molecule has 18 heavy (non-hydrogen) atoms. The van der Waals surface area contributed by atoms with Crippen molar-refractivity contribution < 1.29 is 4.21 Å². The van der Waals surface area contributed by atoms with Crippen LogP contribution in [-0.4, -0.2) is 21.8 Å². The summed E-state index contributed by atoms with van der Waals surface area (Å²) in [5, 5.41) is 3.67. The van der Waals surface area contributed by atoms with E-state index < -0.39 is 10.8 Å². The van der Waals surface area contributed by atoms with Gasteiger partial charge in [-0.05, 0) is 18.0 Å². The first-order valence-corrected chi connectivity index (χ1v) is 8.15. The summed E-state index contributed by atoms with van der Waals surface area (Å²) in [6.07, 6.45) is 0. The molecule has 0 saturated heterocycles. The van der Waals surface area contributed by atoms with Crippen LogP contribution in [0.1, 0.15) is 39.3 Å². The Hall–Kier alpha value is -0.670. The van der Waals surface area contributed by atoms with E-state index in [-0.39, 0.29) is 11.3 Å². The van der Waals surface area contributed by atoms with Crippen LogP contribution >= 0.6 is 0 Å². The van der Waals surface area contributed by atoms with Crippen LogP contribution in [0.3, 0.4) is 0 Å². The lowest BCUT2D eigenvalue weighted by Crippen LogP contribution is -2.38. The minimum Gasteiger partial charge on any atom is -0.309 e. The van der Waals surface area contributed by atoms with Gasteiger partial charge in [-0.3, -0.25) is 4.21 Å². The van der Waals surface area contributed by atoms with Crippen LogP contribution in [0.5, 0.6) is 0 Å². The van der Waals surface area contributed by atoms with Crippen molar-refractivity contribution in [1.29, 1.82) is 0 Å². The van der Waals surface area contributed by atoms with E-state index in [1.807, 2.05) is 25.1 Å². The van der Waals surface area contributed by atoms with Crippen molar-refractivity contribution in [3.8, 4) is 0 Å². The molecule has 2 nitrogen and oxygen atoms in total. The average molecular weight is 267 g/mol. The molecule has 0 bridgehead atoms. The number of hydrogen-bond acceptors (Lipinski definition) is 2. The zero-order valence-electron chi connectivity index (χ0n) is 11.8. The first kappa shape index (κ1) is 15.4. The van der Waals surface area contributed by atoms with Gasteiger partial charge in [-0.2, -0.15) is 0 Å². The van der Waals surface area contributed by atoms with E-state index in [0.717, 1.165) is 12.3 Å². The molecule has 102 valence electrons. The van der Waals surface area contributed by atoms with Crippen molar-refractivity contribution >= 4 is 10.8 Å². The van der Waals surface area contributed by atoms with Crippen LogP contribution in [-0.2, 0) is 10.8 Å². The predicted molar refractivity (Wildman–Crippen MR) is 80.2 cm³/mol. The molecule has 3 atom stereocenters. The number of rotatable bonds is 7. The molecule has 0 radical (unpaired) electrons. The Morgan fingerprint density at radius 3 is 2.22 bits per heavy atom. The van der Waals surface area contributed by atoms with Crippen molar-refractivity contribution in [2.24, 2.45) is 5.92 Å². The third-order valence-electron chi connectivity index (χ3n) is 3.16. The SMILES string of the molecule is CCNC(c1ccccc1)C(C(C)C)S(=O)CC. The van der Waals surface area contributed by atoms with Crippen LogP contribution in [0.15, 0.2) is 30.3 Å². The minimum absolute atomic E-state index is 0.164. The highest BCUT2D eigenvalue weighted by atomic mass is 32.2. The van der Waals surface area contributed by atoms with Gasteiger partial charge in [-0.15, -0.1) is 0 Å². The summed E-state index contributed by atoms with van der Waals surface area (Å²) in [6.45, 7) is 9.31. The van der Waals surface area contributed by atoms with Gasteiger partial charge < -0.3 is 5.32 Å². The Bertz CT molecular complexity index is 364. The maximum atomic E-state index is 12.3. The summed E-state index contributed by atoms with van der Waals surface area (Å²) in [5.41, 5.74) is 1.24. The fourth-order valence-electron chi connectivity index (χ4n) is 2.34. The van der Waals surface area contributed by atoms with Gasteiger partial charge in [0, 0.05) is 22.6 Å². The molecule has 1 rings (SSSR count). The van der Waals surface area contributed by atoms with E-state index in [9.17, 15) is 4.21 Å². The van der Waals surface area contributed by atoms with E-state index in [0.29, 0.717) is 5.92 Å². The molecular weight excluding hydrogens is 242 g/mol. The largest absolute Gasteiger partial charge is 0.309 e. The molecule has 1 aromatic rings. The summed E-state index contributed by atoms with van der Waals surface area (Å²) < 4.78 is 12.3. The molecule has 0 saturated carbocycles. The van der Waals surface area contributed by atoms with Gasteiger partial charge in [0.2, 0.25) is 0 Å². The average Bonchev–Trinajstić information content (AvgIpc) is 2.38. The first-order valence-electron chi connectivity index (χ1n) is 6.77. The van der Waals surface area contributed by atoms with Crippen LogP contribution in [0.25, 0.3) is 0 Å². The van der Waals surface area contributed by atoms with Gasteiger partial charge in [0.1, 0.15) is 0 Å². The Balaban J connectivity index is 3.05. The Kier molecular flexibility index (Phi) is 6.58. The monoisotopic (exact) mass is 267 g/mol. The maximum absolute atomic E-state index is 12.3. The highest BCUT2D eigenvalue weighted by Gasteiger charge is 2.29. The molecule has 0 heterocycles. The molecular formula is C15H25NOS. The van der Waals surface area contributed by atoms with E-state index in [1.165, 1.54) is 5.56 Å². The standard InChI is InChI=1S/C15H25NOS/c1-5-16-14(13-10-8-7-9-11-13)15(12(3)4)18(17)6-2/h7-12,14-16H,5-6H2,1-4H3. The first-order chi connectivity index (χ1) is 8.61. The summed E-state index contributed by atoms with van der Waals surface area (Å²) in [6, 6.07) is 10.5. The second-order valence-electron chi connectivity index (χ2n) is 4.82. The van der Waals surface area contributed by atoms with Crippen molar-refractivity contribution in [2.45, 2.75) is 39.0 Å². The van der Waals surface area contributed by atoms with Crippen LogP contribution < -0.4 is 5.32 Å². The van der Waals surface area contributed by atoms with E-state index in [2.05, 4.69) is 38.2 Å². The molecule has 3 unspecified atom stereocenters. The third kappa shape index (κ3) is 3.92. The van der Waals surface area contributed by atoms with Gasteiger partial charge in [-0.25, -0.2) is 0 Å². The third-order valence-corrected chi connectivity index (χ3v) is 5.15. The van der Waals surface area contributed by atoms with Crippen molar-refractivity contribution in [1.82, 2.24) is 5.32 Å². The van der Waals surface area contributed by atoms with Crippen molar-refractivity contribution in [3.05, 3.63) is 35.9 Å². The minimum atomic E-state index is -0.789. The zero-order chi connectivity index (χ0) is 13.5. The Labute approximate surface area is 114 Å². The highest BCUT2D eigenvalue weighted by molar-refractivity contribution is 7.85. The molecule has 0 aliphatic heterocycles. The quantitative estimate of drug-likeness (QED) is 0.822. The lowest BCUT2D eigenvalue weighted by Gasteiger charge is -2.30. The van der Waals surface area contributed by atoms with E-state index in [1.54, 1.807) is 0 Å². The van der Waals surface area contributed by atoms with Crippen molar-refractivity contribution in [2.75, 3.05) is 12.3 Å². The summed E-state index contributed by atoms with van der Waals surface area (Å²) in [5.74, 6) is 1.12. The topological polar surface area (TPSA) is 29.1 Å². The second-order valence-corrected chi connectivity index (χ2v) is 6.71.